The van der Waals surface area contributed by atoms with Gasteiger partial charge in [0.1, 0.15) is 0 Å². The zero-order valence-corrected chi connectivity index (χ0v) is 19.1. The molecule has 0 spiro atoms. The van der Waals surface area contributed by atoms with E-state index in [0.717, 1.165) is 43.4 Å². The van der Waals surface area contributed by atoms with E-state index >= 15 is 0 Å². The smallest absolute Gasteiger partial charge is 0.359 e. The zero-order chi connectivity index (χ0) is 23.4. The molecule has 1 atom stereocenters. The molecule has 1 unspecified atom stereocenters. The van der Waals surface area contributed by atoms with Gasteiger partial charge in [-0.2, -0.15) is 5.10 Å². The molecule has 1 aromatic heterocycles. The average molecular weight is 448 g/mol. The van der Waals surface area contributed by atoms with E-state index in [0.29, 0.717) is 17.3 Å². The minimum Gasteiger partial charge on any atom is -0.451 e. The fourth-order valence-corrected chi connectivity index (χ4v) is 4.44. The molecule has 0 saturated carbocycles. The zero-order valence-electron chi connectivity index (χ0n) is 19.1. The third-order valence-electron chi connectivity index (χ3n) is 6.09. The maximum absolute atomic E-state index is 13.0. The highest BCUT2D eigenvalue weighted by atomic mass is 16.5. The predicted molar refractivity (Wildman–Crippen MR) is 128 cm³/mol. The second kappa shape index (κ2) is 9.98. The molecule has 33 heavy (non-hydrogen) atoms. The summed E-state index contributed by atoms with van der Waals surface area (Å²) in [5, 5.41) is 5.18. The van der Waals surface area contributed by atoms with Gasteiger partial charge < -0.3 is 9.64 Å². The van der Waals surface area contributed by atoms with E-state index in [1.807, 2.05) is 31.2 Å². The Morgan fingerprint density at radius 3 is 2.55 bits per heavy atom. The summed E-state index contributed by atoms with van der Waals surface area (Å²) in [5.74, 6) is -0.986. The van der Waals surface area contributed by atoms with Crippen LogP contribution in [0.2, 0.25) is 0 Å². The molecular weight excluding hydrogens is 418 g/mol. The summed E-state index contributed by atoms with van der Waals surface area (Å²) in [5.41, 5.74) is 1.79. The number of rotatable bonds is 8. The van der Waals surface area contributed by atoms with Gasteiger partial charge in [0.25, 0.3) is 11.5 Å². The van der Waals surface area contributed by atoms with E-state index in [-0.39, 0.29) is 29.8 Å². The molecule has 1 aliphatic rings. The molecule has 0 fully saturated rings. The minimum absolute atomic E-state index is 0.00224. The first kappa shape index (κ1) is 22.7. The second-order valence-corrected chi connectivity index (χ2v) is 8.50. The highest BCUT2D eigenvalue weighted by molar-refractivity contribution is 6.04. The standard InChI is InChI=1S/C26H29N3O4/c1-3-4-5-10-15-28-25(31)21-13-8-7-12-20(21)24(27-28)26(32)33-17-23(30)29-18(2)16-19-11-6-9-14-22(19)29/h6-9,11-14,18H,3-5,10,15-17H2,1-2H3. The van der Waals surface area contributed by atoms with Gasteiger partial charge in [-0.3, -0.25) is 9.59 Å². The number of fused-ring (bicyclic) bond motifs is 2. The van der Waals surface area contributed by atoms with E-state index < -0.39 is 5.97 Å². The number of aryl methyl sites for hydroxylation is 1. The van der Waals surface area contributed by atoms with Crippen LogP contribution in [-0.4, -0.2) is 34.3 Å². The first-order chi connectivity index (χ1) is 16.0. The summed E-state index contributed by atoms with van der Waals surface area (Å²) in [7, 11) is 0. The molecule has 172 valence electrons. The van der Waals surface area contributed by atoms with Crippen LogP contribution in [-0.2, 0) is 22.5 Å². The number of amides is 1. The lowest BCUT2D eigenvalue weighted by Crippen LogP contribution is -2.39. The van der Waals surface area contributed by atoms with Gasteiger partial charge in [0, 0.05) is 23.7 Å². The lowest BCUT2D eigenvalue weighted by atomic mass is 10.1. The maximum atomic E-state index is 13.0. The van der Waals surface area contributed by atoms with Crippen LogP contribution in [0.25, 0.3) is 10.8 Å². The summed E-state index contributed by atoms with van der Waals surface area (Å²) < 4.78 is 6.75. The second-order valence-electron chi connectivity index (χ2n) is 8.50. The van der Waals surface area contributed by atoms with Gasteiger partial charge in [-0.15, -0.1) is 0 Å². The fourth-order valence-electron chi connectivity index (χ4n) is 4.44. The Bertz CT molecular complexity index is 1230. The van der Waals surface area contributed by atoms with Crippen molar-refractivity contribution in [2.75, 3.05) is 11.5 Å². The summed E-state index contributed by atoms with van der Waals surface area (Å²) in [4.78, 5) is 40.4. The Kier molecular flexibility index (Phi) is 6.87. The van der Waals surface area contributed by atoms with Gasteiger partial charge in [0.15, 0.2) is 12.3 Å². The summed E-state index contributed by atoms with van der Waals surface area (Å²) in [6.45, 7) is 4.15. The van der Waals surface area contributed by atoms with Gasteiger partial charge in [-0.05, 0) is 37.5 Å². The molecule has 7 nitrogen and oxygen atoms in total. The van der Waals surface area contributed by atoms with E-state index in [4.69, 9.17) is 4.74 Å². The first-order valence-electron chi connectivity index (χ1n) is 11.6. The number of ether oxygens (including phenoxy) is 1. The van der Waals surface area contributed by atoms with E-state index in [1.165, 1.54) is 4.68 Å². The highest BCUT2D eigenvalue weighted by Crippen LogP contribution is 2.31. The minimum atomic E-state index is -0.706. The maximum Gasteiger partial charge on any atom is 0.359 e. The molecule has 0 aliphatic carbocycles. The van der Waals surface area contributed by atoms with Crippen molar-refractivity contribution >= 4 is 28.3 Å². The van der Waals surface area contributed by atoms with Crippen molar-refractivity contribution in [3.05, 3.63) is 70.1 Å². The third kappa shape index (κ3) is 4.67. The largest absolute Gasteiger partial charge is 0.451 e. The Morgan fingerprint density at radius 1 is 1.03 bits per heavy atom. The van der Waals surface area contributed by atoms with Gasteiger partial charge in [0.2, 0.25) is 0 Å². The van der Waals surface area contributed by atoms with Gasteiger partial charge in [-0.25, -0.2) is 9.48 Å². The molecular formula is C26H29N3O4. The Labute approximate surface area is 193 Å². The molecule has 1 aliphatic heterocycles. The molecule has 4 rings (SSSR count). The number of carbonyl (C=O) groups excluding carboxylic acids is 2. The van der Waals surface area contributed by atoms with Crippen LogP contribution in [0.3, 0.4) is 0 Å². The van der Waals surface area contributed by atoms with Crippen molar-refractivity contribution in [2.24, 2.45) is 0 Å². The lowest BCUT2D eigenvalue weighted by Gasteiger charge is -2.22. The van der Waals surface area contributed by atoms with Crippen LogP contribution >= 0.6 is 0 Å². The number of hydrogen-bond donors (Lipinski definition) is 0. The fraction of sp³-hybridized carbons (Fsp3) is 0.385. The Morgan fingerprint density at radius 2 is 1.76 bits per heavy atom. The highest BCUT2D eigenvalue weighted by Gasteiger charge is 2.31. The number of nitrogens with zero attached hydrogens (tertiary/aromatic N) is 3. The average Bonchev–Trinajstić information content (AvgIpc) is 3.17. The number of carbonyl (C=O) groups is 2. The van der Waals surface area contributed by atoms with E-state index in [9.17, 15) is 14.4 Å². The quantitative estimate of drug-likeness (QED) is 0.383. The van der Waals surface area contributed by atoms with Gasteiger partial charge in [0.05, 0.1) is 5.39 Å². The summed E-state index contributed by atoms with van der Waals surface area (Å²) in [6.07, 6.45) is 4.73. The molecule has 2 aromatic carbocycles. The number of hydrogen-bond acceptors (Lipinski definition) is 5. The first-order valence-corrected chi connectivity index (χ1v) is 11.6. The number of anilines is 1. The van der Waals surface area contributed by atoms with Crippen LogP contribution in [0.1, 0.15) is 55.6 Å². The van der Waals surface area contributed by atoms with Crippen LogP contribution < -0.4 is 10.5 Å². The molecule has 0 bridgehead atoms. The van der Waals surface area contributed by atoms with Crippen molar-refractivity contribution in [2.45, 2.75) is 58.5 Å². The predicted octanol–water partition coefficient (Wildman–Crippen LogP) is 4.11. The summed E-state index contributed by atoms with van der Waals surface area (Å²) in [6, 6.07) is 14.6. The molecule has 0 N–H and O–H groups in total. The number of esters is 1. The van der Waals surface area contributed by atoms with Gasteiger partial charge >= 0.3 is 5.97 Å². The van der Waals surface area contributed by atoms with Crippen LogP contribution in [0.4, 0.5) is 5.69 Å². The van der Waals surface area contributed by atoms with Crippen LogP contribution in [0.15, 0.2) is 53.3 Å². The molecule has 0 saturated heterocycles. The lowest BCUT2D eigenvalue weighted by molar-refractivity contribution is -0.122. The van der Waals surface area contributed by atoms with Crippen LogP contribution in [0.5, 0.6) is 0 Å². The Balaban J connectivity index is 1.53. The number of aromatic nitrogens is 2. The van der Waals surface area contributed by atoms with Crippen molar-refractivity contribution in [1.29, 1.82) is 0 Å². The normalized spacial score (nSPS) is 15.0. The SMILES string of the molecule is CCCCCCn1nc(C(=O)OCC(=O)N2c3ccccc3CC2C)c2ccccc2c1=O. The number of unbranched alkanes of at least 4 members (excludes halogenated alkanes) is 3. The number of benzene rings is 2. The van der Waals surface area contributed by atoms with Gasteiger partial charge in [-0.1, -0.05) is 62.6 Å². The van der Waals surface area contributed by atoms with E-state index in [2.05, 4.69) is 12.0 Å². The van der Waals surface area contributed by atoms with Crippen molar-refractivity contribution in [3.8, 4) is 0 Å². The van der Waals surface area contributed by atoms with E-state index in [1.54, 1.807) is 29.2 Å². The molecule has 7 heteroatoms. The molecule has 0 radical (unpaired) electrons. The van der Waals surface area contributed by atoms with Crippen LogP contribution in [0, 0.1) is 0 Å². The Hall–Kier alpha value is -3.48. The van der Waals surface area contributed by atoms with Crippen molar-refractivity contribution in [1.82, 2.24) is 9.78 Å². The molecule has 3 aromatic rings. The van der Waals surface area contributed by atoms with Crippen molar-refractivity contribution < 1.29 is 14.3 Å². The molecule has 1 amide bonds. The van der Waals surface area contributed by atoms with Crippen molar-refractivity contribution in [3.63, 3.8) is 0 Å². The number of para-hydroxylation sites is 1. The molecule has 2 heterocycles. The third-order valence-corrected chi connectivity index (χ3v) is 6.09. The topological polar surface area (TPSA) is 81.5 Å². The summed E-state index contributed by atoms with van der Waals surface area (Å²) >= 11 is 0. The monoisotopic (exact) mass is 447 g/mol.